The van der Waals surface area contributed by atoms with Gasteiger partial charge in [-0.05, 0) is 30.9 Å². The van der Waals surface area contributed by atoms with E-state index < -0.39 is 0 Å². The predicted octanol–water partition coefficient (Wildman–Crippen LogP) is 5.13. The molecule has 1 N–H and O–H groups in total. The fraction of sp³-hybridized carbons (Fsp3) is 0.304. The van der Waals surface area contributed by atoms with E-state index in [4.69, 9.17) is 14.7 Å². The zero-order chi connectivity index (χ0) is 19.3. The molecule has 0 aliphatic carbocycles. The SMILES string of the molecule is COc1ccccc1Nc1nc(-c2ccccc2)cc(N2CCC(C)CC2)n1. The van der Waals surface area contributed by atoms with Gasteiger partial charge in [-0.1, -0.05) is 49.4 Å². The largest absolute Gasteiger partial charge is 0.495 e. The van der Waals surface area contributed by atoms with Crippen molar-refractivity contribution in [2.24, 2.45) is 5.92 Å². The van der Waals surface area contributed by atoms with Gasteiger partial charge in [0.05, 0.1) is 18.5 Å². The van der Waals surface area contributed by atoms with E-state index in [2.05, 4.69) is 35.3 Å². The van der Waals surface area contributed by atoms with Crippen LogP contribution < -0.4 is 15.0 Å². The Morgan fingerprint density at radius 2 is 1.68 bits per heavy atom. The monoisotopic (exact) mass is 374 g/mol. The van der Waals surface area contributed by atoms with Crippen LogP contribution in [0.5, 0.6) is 5.75 Å². The topological polar surface area (TPSA) is 50.3 Å². The third kappa shape index (κ3) is 4.09. The molecule has 0 amide bonds. The molecule has 0 atom stereocenters. The van der Waals surface area contributed by atoms with E-state index in [1.807, 2.05) is 42.5 Å². The number of ether oxygens (including phenoxy) is 1. The van der Waals surface area contributed by atoms with Crippen LogP contribution >= 0.6 is 0 Å². The van der Waals surface area contributed by atoms with Gasteiger partial charge in [0.1, 0.15) is 11.6 Å². The summed E-state index contributed by atoms with van der Waals surface area (Å²) in [6.45, 7) is 4.38. The Hall–Kier alpha value is -3.08. The van der Waals surface area contributed by atoms with Gasteiger partial charge in [-0.25, -0.2) is 4.98 Å². The zero-order valence-electron chi connectivity index (χ0n) is 16.4. The van der Waals surface area contributed by atoms with Gasteiger partial charge in [-0.3, -0.25) is 0 Å². The van der Waals surface area contributed by atoms with Crippen molar-refractivity contribution in [3.63, 3.8) is 0 Å². The van der Waals surface area contributed by atoms with Crippen molar-refractivity contribution in [2.45, 2.75) is 19.8 Å². The van der Waals surface area contributed by atoms with E-state index in [1.54, 1.807) is 7.11 Å². The smallest absolute Gasteiger partial charge is 0.229 e. The number of nitrogens with zero attached hydrogens (tertiary/aromatic N) is 3. The molecule has 2 aromatic carbocycles. The van der Waals surface area contributed by atoms with E-state index in [9.17, 15) is 0 Å². The molecule has 2 heterocycles. The van der Waals surface area contributed by atoms with Crippen molar-refractivity contribution in [3.05, 3.63) is 60.7 Å². The maximum absolute atomic E-state index is 5.46. The highest BCUT2D eigenvalue weighted by Gasteiger charge is 2.19. The highest BCUT2D eigenvalue weighted by molar-refractivity contribution is 5.68. The molecule has 28 heavy (non-hydrogen) atoms. The summed E-state index contributed by atoms with van der Waals surface area (Å²) < 4.78 is 5.46. The van der Waals surface area contributed by atoms with Gasteiger partial charge in [0, 0.05) is 24.7 Å². The lowest BCUT2D eigenvalue weighted by atomic mass is 9.99. The number of aromatic nitrogens is 2. The number of hydrogen-bond acceptors (Lipinski definition) is 5. The van der Waals surface area contributed by atoms with Crippen LogP contribution in [0.15, 0.2) is 60.7 Å². The molecule has 0 radical (unpaired) electrons. The van der Waals surface area contributed by atoms with Crippen molar-refractivity contribution >= 4 is 17.5 Å². The number of methoxy groups -OCH3 is 1. The first-order chi connectivity index (χ1) is 13.7. The average Bonchev–Trinajstić information content (AvgIpc) is 2.75. The first kappa shape index (κ1) is 18.3. The third-order valence-electron chi connectivity index (χ3n) is 5.24. The van der Waals surface area contributed by atoms with Crippen LogP contribution in [0.4, 0.5) is 17.5 Å². The first-order valence-corrected chi connectivity index (χ1v) is 9.82. The predicted molar refractivity (Wildman–Crippen MR) is 114 cm³/mol. The summed E-state index contributed by atoms with van der Waals surface area (Å²) in [6.07, 6.45) is 2.39. The summed E-state index contributed by atoms with van der Waals surface area (Å²) in [4.78, 5) is 12.0. The van der Waals surface area contributed by atoms with Crippen LogP contribution in [0.1, 0.15) is 19.8 Å². The lowest BCUT2D eigenvalue weighted by Crippen LogP contribution is -2.33. The van der Waals surface area contributed by atoms with Crippen molar-refractivity contribution < 1.29 is 4.74 Å². The van der Waals surface area contributed by atoms with E-state index in [1.165, 1.54) is 12.8 Å². The van der Waals surface area contributed by atoms with Crippen LogP contribution in [0.2, 0.25) is 0 Å². The molecular weight excluding hydrogens is 348 g/mol. The molecule has 0 spiro atoms. The highest BCUT2D eigenvalue weighted by Crippen LogP contribution is 2.30. The molecule has 0 unspecified atom stereocenters. The van der Waals surface area contributed by atoms with E-state index in [0.717, 1.165) is 47.5 Å². The van der Waals surface area contributed by atoms with Gasteiger partial charge in [-0.15, -0.1) is 0 Å². The quantitative estimate of drug-likeness (QED) is 0.671. The fourth-order valence-corrected chi connectivity index (χ4v) is 3.52. The van der Waals surface area contributed by atoms with Crippen LogP contribution in [0.3, 0.4) is 0 Å². The number of nitrogens with one attached hydrogen (secondary N) is 1. The number of hydrogen-bond donors (Lipinski definition) is 1. The van der Waals surface area contributed by atoms with Gasteiger partial charge in [-0.2, -0.15) is 4.98 Å². The minimum atomic E-state index is 0.583. The number of rotatable bonds is 5. The Kier molecular flexibility index (Phi) is 5.42. The number of piperidine rings is 1. The summed E-state index contributed by atoms with van der Waals surface area (Å²) in [5, 5.41) is 3.35. The second-order valence-corrected chi connectivity index (χ2v) is 7.30. The van der Waals surface area contributed by atoms with E-state index in [0.29, 0.717) is 5.95 Å². The maximum atomic E-state index is 5.46. The summed E-state index contributed by atoms with van der Waals surface area (Å²) in [5.74, 6) is 3.10. The molecule has 1 fully saturated rings. The van der Waals surface area contributed by atoms with Gasteiger partial charge in [0.2, 0.25) is 5.95 Å². The molecule has 5 heteroatoms. The van der Waals surface area contributed by atoms with Crippen molar-refractivity contribution in [3.8, 4) is 17.0 Å². The van der Waals surface area contributed by atoms with Gasteiger partial charge in [0.15, 0.2) is 0 Å². The molecule has 5 nitrogen and oxygen atoms in total. The third-order valence-corrected chi connectivity index (χ3v) is 5.24. The Balaban J connectivity index is 1.71. The van der Waals surface area contributed by atoms with E-state index in [-0.39, 0.29) is 0 Å². The minimum absolute atomic E-state index is 0.583. The number of benzene rings is 2. The van der Waals surface area contributed by atoms with Crippen LogP contribution in [-0.2, 0) is 0 Å². The lowest BCUT2D eigenvalue weighted by Gasteiger charge is -2.31. The van der Waals surface area contributed by atoms with Crippen LogP contribution in [0.25, 0.3) is 11.3 Å². The molecule has 3 aromatic rings. The Morgan fingerprint density at radius 3 is 2.43 bits per heavy atom. The summed E-state index contributed by atoms with van der Waals surface area (Å²) >= 11 is 0. The zero-order valence-corrected chi connectivity index (χ0v) is 16.4. The molecular formula is C23H26N4O. The standard InChI is InChI=1S/C23H26N4O/c1-17-12-14-27(15-13-17)22-16-20(18-8-4-3-5-9-18)25-23(26-22)24-19-10-6-7-11-21(19)28-2/h3-11,16-17H,12-15H2,1-2H3,(H,24,25,26). The fourth-order valence-electron chi connectivity index (χ4n) is 3.52. The van der Waals surface area contributed by atoms with Crippen molar-refractivity contribution in [1.29, 1.82) is 0 Å². The second kappa shape index (κ2) is 8.30. The molecule has 1 aliphatic heterocycles. The maximum Gasteiger partial charge on any atom is 0.229 e. The highest BCUT2D eigenvalue weighted by atomic mass is 16.5. The number of para-hydroxylation sites is 2. The van der Waals surface area contributed by atoms with Gasteiger partial charge < -0.3 is 15.0 Å². The summed E-state index contributed by atoms with van der Waals surface area (Å²) in [7, 11) is 1.67. The lowest BCUT2D eigenvalue weighted by molar-refractivity contribution is 0.417. The van der Waals surface area contributed by atoms with Gasteiger partial charge >= 0.3 is 0 Å². The molecule has 144 valence electrons. The molecule has 1 aliphatic rings. The van der Waals surface area contributed by atoms with Crippen molar-refractivity contribution in [1.82, 2.24) is 9.97 Å². The normalized spacial score (nSPS) is 14.7. The van der Waals surface area contributed by atoms with Gasteiger partial charge in [0.25, 0.3) is 0 Å². The Bertz CT molecular complexity index is 921. The van der Waals surface area contributed by atoms with Crippen molar-refractivity contribution in [2.75, 3.05) is 30.4 Å². The molecule has 0 saturated carbocycles. The average molecular weight is 374 g/mol. The molecule has 1 saturated heterocycles. The Morgan fingerprint density at radius 1 is 0.964 bits per heavy atom. The Labute approximate surface area is 166 Å². The van der Waals surface area contributed by atoms with Crippen LogP contribution in [0, 0.1) is 5.92 Å². The van der Waals surface area contributed by atoms with Crippen LogP contribution in [-0.4, -0.2) is 30.2 Å². The molecule has 0 bridgehead atoms. The first-order valence-electron chi connectivity index (χ1n) is 9.82. The van der Waals surface area contributed by atoms with E-state index >= 15 is 0 Å². The number of anilines is 3. The molecule has 4 rings (SSSR count). The summed E-state index contributed by atoms with van der Waals surface area (Å²) in [6, 6.07) is 20.2. The second-order valence-electron chi connectivity index (χ2n) is 7.30. The molecule has 1 aromatic heterocycles. The summed E-state index contributed by atoms with van der Waals surface area (Å²) in [5.41, 5.74) is 2.86. The minimum Gasteiger partial charge on any atom is -0.495 e.